The second-order valence-electron chi connectivity index (χ2n) is 6.71. The predicted octanol–water partition coefficient (Wildman–Crippen LogP) is 4.35. The third kappa shape index (κ3) is 4.62. The van der Waals surface area contributed by atoms with Gasteiger partial charge in [-0.15, -0.1) is 0 Å². The minimum atomic E-state index is -0.430. The van der Waals surface area contributed by atoms with Crippen LogP contribution >= 0.6 is 0 Å². The molecule has 2 rings (SSSR count). The topological polar surface area (TPSA) is 29.5 Å². The first-order valence-electron chi connectivity index (χ1n) is 7.58. The third-order valence-electron chi connectivity index (χ3n) is 3.60. The van der Waals surface area contributed by atoms with Crippen LogP contribution in [0.4, 0.5) is 4.79 Å². The molecule has 1 aliphatic heterocycles. The van der Waals surface area contributed by atoms with Gasteiger partial charge in [0.2, 0.25) is 0 Å². The van der Waals surface area contributed by atoms with Crippen molar-refractivity contribution >= 4 is 12.2 Å². The SMILES string of the molecule is CC1CN(C(=O)OC(C)(C)C)CCC1=Cc1ccccc1. The van der Waals surface area contributed by atoms with Gasteiger partial charge >= 0.3 is 6.09 Å². The maximum absolute atomic E-state index is 12.1. The third-order valence-corrected chi connectivity index (χ3v) is 3.60. The van der Waals surface area contributed by atoms with Gasteiger partial charge in [-0.3, -0.25) is 0 Å². The van der Waals surface area contributed by atoms with E-state index in [1.165, 1.54) is 11.1 Å². The molecule has 1 saturated heterocycles. The summed E-state index contributed by atoms with van der Waals surface area (Å²) in [6.45, 7) is 9.34. The highest BCUT2D eigenvalue weighted by molar-refractivity contribution is 5.68. The molecule has 0 N–H and O–H groups in total. The highest BCUT2D eigenvalue weighted by Gasteiger charge is 2.27. The Balaban J connectivity index is 1.99. The van der Waals surface area contributed by atoms with Crippen LogP contribution in [0.25, 0.3) is 6.08 Å². The van der Waals surface area contributed by atoms with E-state index in [1.54, 1.807) is 0 Å². The average Bonchev–Trinajstić information content (AvgIpc) is 2.40. The van der Waals surface area contributed by atoms with E-state index >= 15 is 0 Å². The summed E-state index contributed by atoms with van der Waals surface area (Å²) in [6, 6.07) is 10.3. The molecule has 0 bridgehead atoms. The Bertz CT molecular complexity index is 514. The number of benzene rings is 1. The number of carbonyl (C=O) groups is 1. The Morgan fingerprint density at radius 3 is 2.52 bits per heavy atom. The Morgan fingerprint density at radius 2 is 1.95 bits per heavy atom. The van der Waals surface area contributed by atoms with E-state index in [-0.39, 0.29) is 6.09 Å². The van der Waals surface area contributed by atoms with Crippen LogP contribution in [0.5, 0.6) is 0 Å². The second kappa shape index (κ2) is 6.33. The summed E-state index contributed by atoms with van der Waals surface area (Å²) in [7, 11) is 0. The Kier molecular flexibility index (Phi) is 4.71. The molecule has 1 aliphatic rings. The maximum Gasteiger partial charge on any atom is 0.410 e. The van der Waals surface area contributed by atoms with E-state index in [0.29, 0.717) is 5.92 Å². The Labute approximate surface area is 127 Å². The van der Waals surface area contributed by atoms with Gasteiger partial charge < -0.3 is 9.64 Å². The summed E-state index contributed by atoms with van der Waals surface area (Å²) in [5.41, 5.74) is 2.20. The number of hydrogen-bond donors (Lipinski definition) is 0. The van der Waals surface area contributed by atoms with Gasteiger partial charge in [-0.2, -0.15) is 0 Å². The molecule has 0 aliphatic carbocycles. The van der Waals surface area contributed by atoms with Crippen molar-refractivity contribution in [1.29, 1.82) is 0 Å². The molecule has 21 heavy (non-hydrogen) atoms. The van der Waals surface area contributed by atoms with Crippen LogP contribution in [-0.2, 0) is 4.74 Å². The average molecular weight is 287 g/mol. The Hall–Kier alpha value is -1.77. The molecule has 1 fully saturated rings. The molecule has 0 radical (unpaired) electrons. The van der Waals surface area contributed by atoms with E-state index in [0.717, 1.165) is 19.5 Å². The fraction of sp³-hybridized carbons (Fsp3) is 0.500. The van der Waals surface area contributed by atoms with Crippen LogP contribution in [0.15, 0.2) is 35.9 Å². The molecular weight excluding hydrogens is 262 g/mol. The van der Waals surface area contributed by atoms with Gasteiger partial charge in [-0.1, -0.05) is 48.9 Å². The number of rotatable bonds is 1. The van der Waals surface area contributed by atoms with Gasteiger partial charge in [0.25, 0.3) is 0 Å². The van der Waals surface area contributed by atoms with Crippen molar-refractivity contribution in [3.8, 4) is 0 Å². The fourth-order valence-electron chi connectivity index (χ4n) is 2.52. The quantitative estimate of drug-likeness (QED) is 0.768. The molecule has 0 aromatic heterocycles. The summed E-state index contributed by atoms with van der Waals surface area (Å²) in [5, 5.41) is 0. The largest absolute Gasteiger partial charge is 0.444 e. The molecule has 0 spiro atoms. The zero-order valence-corrected chi connectivity index (χ0v) is 13.4. The lowest BCUT2D eigenvalue weighted by Gasteiger charge is -2.34. The van der Waals surface area contributed by atoms with E-state index in [2.05, 4.69) is 25.1 Å². The molecule has 1 amide bonds. The molecule has 3 nitrogen and oxygen atoms in total. The van der Waals surface area contributed by atoms with Gasteiger partial charge in [0.15, 0.2) is 0 Å². The lowest BCUT2D eigenvalue weighted by Crippen LogP contribution is -2.43. The number of hydrogen-bond acceptors (Lipinski definition) is 2. The van der Waals surface area contributed by atoms with E-state index < -0.39 is 5.60 Å². The summed E-state index contributed by atoms with van der Waals surface area (Å²) in [5.74, 6) is 0.367. The molecular formula is C18H25NO2. The predicted molar refractivity (Wildman–Crippen MR) is 86.0 cm³/mol. The lowest BCUT2D eigenvalue weighted by molar-refractivity contribution is 0.0209. The van der Waals surface area contributed by atoms with Gasteiger partial charge in [0.1, 0.15) is 5.60 Å². The van der Waals surface area contributed by atoms with Crippen molar-refractivity contribution in [1.82, 2.24) is 4.90 Å². The lowest BCUT2D eigenvalue weighted by atomic mass is 9.92. The van der Waals surface area contributed by atoms with Crippen molar-refractivity contribution in [3.05, 3.63) is 41.5 Å². The molecule has 1 unspecified atom stereocenters. The molecule has 1 heterocycles. The van der Waals surface area contributed by atoms with Gasteiger partial charge in [0, 0.05) is 13.1 Å². The van der Waals surface area contributed by atoms with Crippen LogP contribution < -0.4 is 0 Å². The summed E-state index contributed by atoms with van der Waals surface area (Å²) >= 11 is 0. The zero-order chi connectivity index (χ0) is 15.5. The van der Waals surface area contributed by atoms with Crippen LogP contribution in [0, 0.1) is 5.92 Å². The smallest absolute Gasteiger partial charge is 0.410 e. The van der Waals surface area contributed by atoms with E-state index in [9.17, 15) is 4.79 Å². The van der Waals surface area contributed by atoms with Crippen LogP contribution in [-0.4, -0.2) is 29.7 Å². The molecule has 0 saturated carbocycles. The van der Waals surface area contributed by atoms with Crippen molar-refractivity contribution in [2.75, 3.05) is 13.1 Å². The van der Waals surface area contributed by atoms with E-state index in [1.807, 2.05) is 43.9 Å². The number of amides is 1. The maximum atomic E-state index is 12.1. The molecule has 1 aromatic rings. The van der Waals surface area contributed by atoms with Crippen molar-refractivity contribution in [2.45, 2.75) is 39.7 Å². The van der Waals surface area contributed by atoms with Gasteiger partial charge in [-0.25, -0.2) is 4.79 Å². The first kappa shape index (κ1) is 15.6. The highest BCUT2D eigenvalue weighted by atomic mass is 16.6. The standard InChI is InChI=1S/C18H25NO2/c1-14-13-19(17(20)21-18(2,3)4)11-10-16(14)12-15-8-6-5-7-9-15/h5-9,12,14H,10-11,13H2,1-4H3. The molecule has 1 aromatic carbocycles. The zero-order valence-electron chi connectivity index (χ0n) is 13.4. The monoisotopic (exact) mass is 287 g/mol. The molecule has 114 valence electrons. The van der Waals surface area contributed by atoms with Gasteiger partial charge in [0.05, 0.1) is 0 Å². The normalized spacial score (nSPS) is 21.4. The first-order chi connectivity index (χ1) is 9.85. The van der Waals surface area contributed by atoms with Gasteiger partial charge in [-0.05, 0) is 38.7 Å². The summed E-state index contributed by atoms with van der Waals surface area (Å²) in [6.07, 6.45) is 2.96. The number of ether oxygens (including phenoxy) is 1. The first-order valence-corrected chi connectivity index (χ1v) is 7.58. The minimum Gasteiger partial charge on any atom is -0.444 e. The molecule has 1 atom stereocenters. The number of nitrogens with zero attached hydrogens (tertiary/aromatic N) is 1. The fourth-order valence-corrected chi connectivity index (χ4v) is 2.52. The van der Waals surface area contributed by atoms with Crippen LogP contribution in [0.2, 0.25) is 0 Å². The Morgan fingerprint density at radius 1 is 1.29 bits per heavy atom. The number of piperidine rings is 1. The van der Waals surface area contributed by atoms with Crippen molar-refractivity contribution < 1.29 is 9.53 Å². The summed E-state index contributed by atoms with van der Waals surface area (Å²) < 4.78 is 5.45. The highest BCUT2D eigenvalue weighted by Crippen LogP contribution is 2.26. The molecule has 3 heteroatoms. The van der Waals surface area contributed by atoms with E-state index in [4.69, 9.17) is 4.74 Å². The van der Waals surface area contributed by atoms with Crippen LogP contribution in [0.1, 0.15) is 39.7 Å². The summed E-state index contributed by atoms with van der Waals surface area (Å²) in [4.78, 5) is 13.9. The van der Waals surface area contributed by atoms with Crippen LogP contribution in [0.3, 0.4) is 0 Å². The van der Waals surface area contributed by atoms with Crippen molar-refractivity contribution in [2.24, 2.45) is 5.92 Å². The minimum absolute atomic E-state index is 0.201. The van der Waals surface area contributed by atoms with Crippen molar-refractivity contribution in [3.63, 3.8) is 0 Å². The number of carbonyl (C=O) groups excluding carboxylic acids is 1. The number of likely N-dealkylation sites (tertiary alicyclic amines) is 1. The second-order valence-corrected chi connectivity index (χ2v) is 6.71.